The molecule has 0 aromatic heterocycles. The summed E-state index contributed by atoms with van der Waals surface area (Å²) in [5.41, 5.74) is 0.365. The molecule has 1 unspecified atom stereocenters. The number of amides is 2. The first kappa shape index (κ1) is 16.6. The van der Waals surface area contributed by atoms with E-state index in [1.165, 1.54) is 13.2 Å². The smallest absolute Gasteiger partial charge is 0.328 e. The van der Waals surface area contributed by atoms with E-state index < -0.39 is 18.0 Å². The number of urea groups is 1. The van der Waals surface area contributed by atoms with Crippen LogP contribution in [0, 0.1) is 5.92 Å². The molecule has 2 N–H and O–H groups in total. The Kier molecular flexibility index (Phi) is 6.10. The lowest BCUT2D eigenvalue weighted by atomic mass is 10.1. The summed E-state index contributed by atoms with van der Waals surface area (Å²) in [6.07, 6.45) is 0. The van der Waals surface area contributed by atoms with E-state index in [-0.39, 0.29) is 5.92 Å². The summed E-state index contributed by atoms with van der Waals surface area (Å²) in [6.45, 7) is 3.60. The van der Waals surface area contributed by atoms with Gasteiger partial charge in [-0.05, 0) is 24.1 Å². The Morgan fingerprint density at radius 1 is 1.25 bits per heavy atom. The van der Waals surface area contributed by atoms with Crippen LogP contribution in [0.15, 0.2) is 18.2 Å². The SMILES string of the molecule is COC(=O)C(NC(=O)Nc1cc(Cl)ccc1Cl)C(C)C. The first-order valence-electron chi connectivity index (χ1n) is 5.95. The summed E-state index contributed by atoms with van der Waals surface area (Å²) < 4.78 is 4.64. The van der Waals surface area contributed by atoms with Crippen LogP contribution in [-0.4, -0.2) is 25.2 Å². The maximum absolute atomic E-state index is 11.9. The molecule has 0 heterocycles. The Hall–Kier alpha value is -1.46. The minimum atomic E-state index is -0.738. The lowest BCUT2D eigenvalue weighted by Gasteiger charge is -2.20. The maximum atomic E-state index is 11.9. The number of hydrogen-bond donors (Lipinski definition) is 2. The Balaban J connectivity index is 2.75. The largest absolute Gasteiger partial charge is 0.467 e. The lowest BCUT2D eigenvalue weighted by Crippen LogP contribution is -2.46. The number of benzene rings is 1. The highest BCUT2D eigenvalue weighted by Crippen LogP contribution is 2.25. The fourth-order valence-electron chi connectivity index (χ4n) is 1.52. The van der Waals surface area contributed by atoms with E-state index in [1.807, 2.05) is 0 Å². The number of ether oxygens (including phenoxy) is 1. The second-order valence-electron chi connectivity index (χ2n) is 4.47. The highest BCUT2D eigenvalue weighted by molar-refractivity contribution is 6.35. The van der Waals surface area contributed by atoms with Crippen molar-refractivity contribution in [3.8, 4) is 0 Å². The summed E-state index contributed by atoms with van der Waals surface area (Å²) in [5.74, 6) is -0.615. The van der Waals surface area contributed by atoms with Crippen molar-refractivity contribution in [2.24, 2.45) is 5.92 Å². The molecule has 1 aromatic carbocycles. The van der Waals surface area contributed by atoms with Crippen LogP contribution >= 0.6 is 23.2 Å². The number of halogens is 2. The van der Waals surface area contributed by atoms with Crippen LogP contribution in [0.2, 0.25) is 10.0 Å². The summed E-state index contributed by atoms with van der Waals surface area (Å²) in [5, 5.41) is 5.87. The molecule has 20 heavy (non-hydrogen) atoms. The number of carbonyl (C=O) groups is 2. The zero-order valence-corrected chi connectivity index (χ0v) is 12.9. The molecule has 2 amide bonds. The van der Waals surface area contributed by atoms with Crippen molar-refractivity contribution in [3.05, 3.63) is 28.2 Å². The fourth-order valence-corrected chi connectivity index (χ4v) is 1.85. The zero-order chi connectivity index (χ0) is 15.3. The molecule has 0 aliphatic heterocycles. The third kappa shape index (κ3) is 4.58. The minimum Gasteiger partial charge on any atom is -0.467 e. The fraction of sp³-hybridized carbons (Fsp3) is 0.385. The molecule has 7 heteroatoms. The molecule has 1 atom stereocenters. The van der Waals surface area contributed by atoms with E-state index in [1.54, 1.807) is 26.0 Å². The van der Waals surface area contributed by atoms with Crippen LogP contribution < -0.4 is 10.6 Å². The minimum absolute atomic E-state index is 0.108. The van der Waals surface area contributed by atoms with Gasteiger partial charge in [0.05, 0.1) is 17.8 Å². The zero-order valence-electron chi connectivity index (χ0n) is 11.4. The summed E-state index contributed by atoms with van der Waals surface area (Å²) in [7, 11) is 1.27. The number of hydrogen-bond acceptors (Lipinski definition) is 3. The van der Waals surface area contributed by atoms with Crippen LogP contribution in [-0.2, 0) is 9.53 Å². The van der Waals surface area contributed by atoms with Crippen LogP contribution in [0.4, 0.5) is 10.5 Å². The maximum Gasteiger partial charge on any atom is 0.328 e. The molecule has 0 radical (unpaired) electrons. The number of esters is 1. The van der Waals surface area contributed by atoms with E-state index in [0.29, 0.717) is 15.7 Å². The van der Waals surface area contributed by atoms with Gasteiger partial charge in [0, 0.05) is 5.02 Å². The quantitative estimate of drug-likeness (QED) is 0.837. The second-order valence-corrected chi connectivity index (χ2v) is 5.31. The lowest BCUT2D eigenvalue weighted by molar-refractivity contribution is -0.143. The van der Waals surface area contributed by atoms with Gasteiger partial charge in [0.1, 0.15) is 6.04 Å². The summed E-state index contributed by atoms with van der Waals surface area (Å²) in [6, 6.07) is 3.40. The molecule has 1 aromatic rings. The van der Waals surface area contributed by atoms with Gasteiger partial charge in [-0.1, -0.05) is 37.0 Å². The monoisotopic (exact) mass is 318 g/mol. The molecule has 0 saturated heterocycles. The van der Waals surface area contributed by atoms with Gasteiger partial charge in [0.25, 0.3) is 0 Å². The van der Waals surface area contributed by atoms with Crippen molar-refractivity contribution < 1.29 is 14.3 Å². The third-order valence-corrected chi connectivity index (χ3v) is 3.15. The molecule has 0 aliphatic rings. The predicted octanol–water partition coefficient (Wildman–Crippen LogP) is 3.31. The van der Waals surface area contributed by atoms with E-state index in [0.717, 1.165) is 0 Å². The third-order valence-electron chi connectivity index (χ3n) is 2.58. The van der Waals surface area contributed by atoms with Crippen molar-refractivity contribution in [1.29, 1.82) is 0 Å². The van der Waals surface area contributed by atoms with Crippen molar-refractivity contribution in [3.63, 3.8) is 0 Å². The van der Waals surface area contributed by atoms with Crippen LogP contribution in [0.3, 0.4) is 0 Å². The number of nitrogens with one attached hydrogen (secondary N) is 2. The number of carbonyl (C=O) groups excluding carboxylic acids is 2. The topological polar surface area (TPSA) is 67.4 Å². The average molecular weight is 319 g/mol. The molecule has 0 fully saturated rings. The standard InChI is InChI=1S/C13H16Cl2N2O3/c1-7(2)11(12(18)20-3)17-13(19)16-10-6-8(14)4-5-9(10)15/h4-7,11H,1-3H3,(H2,16,17,19). The van der Waals surface area contributed by atoms with Gasteiger partial charge in [-0.15, -0.1) is 0 Å². The molecule has 0 saturated carbocycles. The van der Waals surface area contributed by atoms with Crippen molar-refractivity contribution >= 4 is 40.9 Å². The van der Waals surface area contributed by atoms with Crippen LogP contribution in [0.25, 0.3) is 0 Å². The molecule has 0 bridgehead atoms. The molecular weight excluding hydrogens is 303 g/mol. The van der Waals surface area contributed by atoms with Crippen molar-refractivity contribution in [1.82, 2.24) is 5.32 Å². The van der Waals surface area contributed by atoms with Crippen LogP contribution in [0.5, 0.6) is 0 Å². The van der Waals surface area contributed by atoms with Crippen molar-refractivity contribution in [2.45, 2.75) is 19.9 Å². The molecule has 0 aliphatic carbocycles. The second kappa shape index (κ2) is 7.36. The van der Waals surface area contributed by atoms with E-state index in [2.05, 4.69) is 15.4 Å². The van der Waals surface area contributed by atoms with Gasteiger partial charge in [-0.3, -0.25) is 0 Å². The highest BCUT2D eigenvalue weighted by atomic mass is 35.5. The number of anilines is 1. The van der Waals surface area contributed by atoms with Gasteiger partial charge in [-0.2, -0.15) is 0 Å². The average Bonchev–Trinajstić information content (AvgIpc) is 2.39. The Labute approximate surface area is 127 Å². The number of rotatable bonds is 4. The normalized spacial score (nSPS) is 11.9. The Bertz CT molecular complexity index is 506. The highest BCUT2D eigenvalue weighted by Gasteiger charge is 2.25. The van der Waals surface area contributed by atoms with E-state index >= 15 is 0 Å². The Morgan fingerprint density at radius 2 is 1.90 bits per heavy atom. The first-order chi connectivity index (χ1) is 9.35. The molecular formula is C13H16Cl2N2O3. The summed E-state index contributed by atoms with van der Waals surface area (Å²) >= 11 is 11.8. The van der Waals surface area contributed by atoms with Gasteiger partial charge < -0.3 is 15.4 Å². The van der Waals surface area contributed by atoms with Gasteiger partial charge in [0.2, 0.25) is 0 Å². The van der Waals surface area contributed by atoms with Gasteiger partial charge in [-0.25, -0.2) is 9.59 Å². The van der Waals surface area contributed by atoms with Gasteiger partial charge in [0.15, 0.2) is 0 Å². The molecule has 0 spiro atoms. The van der Waals surface area contributed by atoms with E-state index in [9.17, 15) is 9.59 Å². The summed E-state index contributed by atoms with van der Waals surface area (Å²) in [4.78, 5) is 23.4. The van der Waals surface area contributed by atoms with E-state index in [4.69, 9.17) is 23.2 Å². The van der Waals surface area contributed by atoms with Gasteiger partial charge >= 0.3 is 12.0 Å². The van der Waals surface area contributed by atoms with Crippen LogP contribution in [0.1, 0.15) is 13.8 Å². The predicted molar refractivity (Wildman–Crippen MR) is 79.3 cm³/mol. The molecule has 5 nitrogen and oxygen atoms in total. The molecule has 1 rings (SSSR count). The number of methoxy groups -OCH3 is 1. The first-order valence-corrected chi connectivity index (χ1v) is 6.71. The molecule has 110 valence electrons. The van der Waals surface area contributed by atoms with Crippen molar-refractivity contribution in [2.75, 3.05) is 12.4 Å². The Morgan fingerprint density at radius 3 is 2.45 bits per heavy atom.